The quantitative estimate of drug-likeness (QED) is 0.313. The number of carbonyl (C=O) groups is 1. The Morgan fingerprint density at radius 3 is 2.39 bits per heavy atom. The monoisotopic (exact) mass is 462 g/mol. The van der Waals surface area contributed by atoms with Crippen LogP contribution in [0.2, 0.25) is 5.02 Å². The number of methoxy groups -OCH3 is 1. The molecule has 0 radical (unpaired) electrons. The third kappa shape index (κ3) is 5.21. The van der Waals surface area contributed by atoms with Gasteiger partial charge in [-0.3, -0.25) is 0 Å². The van der Waals surface area contributed by atoms with Crippen LogP contribution in [-0.2, 0) is 19.5 Å². The highest BCUT2D eigenvalue weighted by Crippen LogP contribution is 2.30. The normalized spacial score (nSPS) is 11.1. The Kier molecular flexibility index (Phi) is 7.02. The van der Waals surface area contributed by atoms with Crippen molar-refractivity contribution in [3.63, 3.8) is 0 Å². The number of halogens is 1. The molecule has 170 valence electrons. The Labute approximate surface area is 198 Å². The Balaban J connectivity index is 1.65. The number of aromatic nitrogens is 1. The first-order chi connectivity index (χ1) is 16.0. The van der Waals surface area contributed by atoms with Crippen molar-refractivity contribution in [2.24, 2.45) is 0 Å². The summed E-state index contributed by atoms with van der Waals surface area (Å²) in [6.45, 7) is 3.69. The molecule has 0 saturated heterocycles. The highest BCUT2D eigenvalue weighted by atomic mass is 35.5. The molecule has 3 aromatic carbocycles. The van der Waals surface area contributed by atoms with Crippen LogP contribution in [0.4, 0.5) is 0 Å². The first kappa shape index (κ1) is 22.9. The van der Waals surface area contributed by atoms with Gasteiger partial charge in [-0.25, -0.2) is 4.79 Å². The Morgan fingerprint density at radius 2 is 1.73 bits per heavy atom. The number of aromatic carboxylic acids is 1. The summed E-state index contributed by atoms with van der Waals surface area (Å²) in [6, 6.07) is 21.7. The second-order valence-corrected chi connectivity index (χ2v) is 8.58. The van der Waals surface area contributed by atoms with Crippen LogP contribution in [0.25, 0.3) is 10.9 Å². The van der Waals surface area contributed by atoms with Crippen molar-refractivity contribution < 1.29 is 14.6 Å². The number of benzene rings is 3. The van der Waals surface area contributed by atoms with Gasteiger partial charge in [0.1, 0.15) is 11.4 Å². The lowest BCUT2D eigenvalue weighted by atomic mass is 10.1. The Bertz CT molecular complexity index is 1260. The maximum atomic E-state index is 12.4. The van der Waals surface area contributed by atoms with Gasteiger partial charge < -0.3 is 19.7 Å². The lowest BCUT2D eigenvalue weighted by Crippen LogP contribution is -2.19. The molecule has 0 aliphatic carbocycles. The number of aryl methyl sites for hydroxylation is 1. The largest absolute Gasteiger partial charge is 0.497 e. The van der Waals surface area contributed by atoms with Crippen LogP contribution in [0, 0.1) is 6.92 Å². The van der Waals surface area contributed by atoms with Gasteiger partial charge in [0.25, 0.3) is 0 Å². The number of fused-ring (bicyclic) bond motifs is 1. The molecule has 0 spiro atoms. The standard InChI is InChI=1S/C27H27ClN2O3/c1-18-3-5-20(6-4-18)17-30-25-15-22(33-2)11-12-23(25)24(26(30)27(31)32)16-29-14-13-19-7-9-21(28)10-8-19/h3-12,15,29H,13-14,16-17H2,1-2H3,(H,31,32). The summed E-state index contributed by atoms with van der Waals surface area (Å²) in [7, 11) is 1.62. The van der Waals surface area contributed by atoms with E-state index in [0.29, 0.717) is 24.5 Å². The van der Waals surface area contributed by atoms with Gasteiger partial charge in [0, 0.05) is 35.1 Å². The molecule has 5 nitrogen and oxygen atoms in total. The predicted octanol–water partition coefficient (Wildman–Crippen LogP) is 5.69. The smallest absolute Gasteiger partial charge is 0.352 e. The molecule has 0 saturated carbocycles. The van der Waals surface area contributed by atoms with Gasteiger partial charge in [0.15, 0.2) is 0 Å². The van der Waals surface area contributed by atoms with Crippen molar-refractivity contribution in [1.82, 2.24) is 9.88 Å². The van der Waals surface area contributed by atoms with Gasteiger partial charge in [-0.1, -0.05) is 53.6 Å². The average molecular weight is 463 g/mol. The summed E-state index contributed by atoms with van der Waals surface area (Å²) in [4.78, 5) is 12.4. The van der Waals surface area contributed by atoms with Gasteiger partial charge in [0.2, 0.25) is 0 Å². The maximum absolute atomic E-state index is 12.4. The number of nitrogens with one attached hydrogen (secondary N) is 1. The first-order valence-corrected chi connectivity index (χ1v) is 11.3. The van der Waals surface area contributed by atoms with Crippen molar-refractivity contribution in [2.75, 3.05) is 13.7 Å². The van der Waals surface area contributed by atoms with E-state index in [1.54, 1.807) is 7.11 Å². The highest BCUT2D eigenvalue weighted by molar-refractivity contribution is 6.30. The Morgan fingerprint density at radius 1 is 1.03 bits per heavy atom. The molecule has 0 aliphatic rings. The van der Waals surface area contributed by atoms with E-state index in [9.17, 15) is 9.90 Å². The second kappa shape index (κ2) is 10.1. The summed E-state index contributed by atoms with van der Waals surface area (Å²) < 4.78 is 7.30. The van der Waals surface area contributed by atoms with Crippen LogP contribution >= 0.6 is 11.6 Å². The molecule has 0 bridgehead atoms. The highest BCUT2D eigenvalue weighted by Gasteiger charge is 2.22. The fourth-order valence-electron chi connectivity index (χ4n) is 4.09. The van der Waals surface area contributed by atoms with E-state index in [0.717, 1.165) is 40.0 Å². The zero-order valence-electron chi connectivity index (χ0n) is 18.8. The summed E-state index contributed by atoms with van der Waals surface area (Å²) in [5, 5.41) is 15.2. The van der Waals surface area contributed by atoms with E-state index < -0.39 is 5.97 Å². The molecular weight excluding hydrogens is 436 g/mol. The summed E-state index contributed by atoms with van der Waals surface area (Å²) in [6.07, 6.45) is 0.829. The molecule has 1 aromatic heterocycles. The minimum absolute atomic E-state index is 0.304. The van der Waals surface area contributed by atoms with Gasteiger partial charge >= 0.3 is 5.97 Å². The molecule has 4 rings (SSSR count). The Hall–Kier alpha value is -3.28. The van der Waals surface area contributed by atoms with Crippen LogP contribution in [0.3, 0.4) is 0 Å². The molecule has 0 aliphatic heterocycles. The maximum Gasteiger partial charge on any atom is 0.352 e. The van der Waals surface area contributed by atoms with Crippen molar-refractivity contribution in [2.45, 2.75) is 26.4 Å². The van der Waals surface area contributed by atoms with E-state index in [-0.39, 0.29) is 0 Å². The fourth-order valence-corrected chi connectivity index (χ4v) is 4.21. The third-order valence-corrected chi connectivity index (χ3v) is 6.10. The number of carboxylic acids is 1. The third-order valence-electron chi connectivity index (χ3n) is 5.85. The average Bonchev–Trinajstić information content (AvgIpc) is 3.12. The topological polar surface area (TPSA) is 63.5 Å². The van der Waals surface area contributed by atoms with Crippen molar-refractivity contribution in [3.05, 3.63) is 99.7 Å². The number of hydrogen-bond donors (Lipinski definition) is 2. The van der Waals surface area contributed by atoms with E-state index in [1.807, 2.05) is 78.2 Å². The molecule has 0 amide bonds. The molecule has 0 unspecified atom stereocenters. The molecule has 33 heavy (non-hydrogen) atoms. The molecule has 0 atom stereocenters. The van der Waals surface area contributed by atoms with Gasteiger partial charge in [-0.05, 0) is 55.3 Å². The molecule has 4 aromatic rings. The lowest BCUT2D eigenvalue weighted by Gasteiger charge is -2.11. The summed E-state index contributed by atoms with van der Waals surface area (Å²) >= 11 is 5.96. The number of rotatable bonds is 9. The molecule has 2 N–H and O–H groups in total. The number of carboxylic acid groups (broad SMARTS) is 1. The predicted molar refractivity (Wildman–Crippen MR) is 133 cm³/mol. The lowest BCUT2D eigenvalue weighted by molar-refractivity contribution is 0.0684. The number of hydrogen-bond acceptors (Lipinski definition) is 3. The van der Waals surface area contributed by atoms with E-state index in [2.05, 4.69) is 5.32 Å². The molecule has 0 fully saturated rings. The second-order valence-electron chi connectivity index (χ2n) is 8.14. The fraction of sp³-hybridized carbons (Fsp3) is 0.222. The molecular formula is C27H27ClN2O3. The molecule has 6 heteroatoms. The van der Waals surface area contributed by atoms with Crippen molar-refractivity contribution >= 4 is 28.5 Å². The SMILES string of the molecule is COc1ccc2c(CNCCc3ccc(Cl)cc3)c(C(=O)O)n(Cc3ccc(C)cc3)c2c1. The van der Waals surface area contributed by atoms with Crippen LogP contribution < -0.4 is 10.1 Å². The molecule has 1 heterocycles. The van der Waals surface area contributed by atoms with E-state index >= 15 is 0 Å². The van der Waals surface area contributed by atoms with Crippen LogP contribution in [0.5, 0.6) is 5.75 Å². The van der Waals surface area contributed by atoms with Crippen molar-refractivity contribution in [3.8, 4) is 5.75 Å². The van der Waals surface area contributed by atoms with Gasteiger partial charge in [0.05, 0.1) is 12.6 Å². The zero-order chi connectivity index (χ0) is 23.4. The minimum atomic E-state index is -0.938. The van der Waals surface area contributed by atoms with Crippen LogP contribution in [-0.4, -0.2) is 29.3 Å². The van der Waals surface area contributed by atoms with Crippen LogP contribution in [0.15, 0.2) is 66.7 Å². The summed E-state index contributed by atoms with van der Waals surface area (Å²) in [5.74, 6) is -0.240. The van der Waals surface area contributed by atoms with E-state index in [1.165, 1.54) is 11.1 Å². The zero-order valence-corrected chi connectivity index (χ0v) is 19.5. The van der Waals surface area contributed by atoms with E-state index in [4.69, 9.17) is 16.3 Å². The van der Waals surface area contributed by atoms with Crippen LogP contribution in [0.1, 0.15) is 32.7 Å². The number of nitrogens with zero attached hydrogens (tertiary/aromatic N) is 1. The number of ether oxygens (including phenoxy) is 1. The first-order valence-electron chi connectivity index (χ1n) is 10.9. The summed E-state index contributed by atoms with van der Waals surface area (Å²) in [5.41, 5.74) is 5.33. The van der Waals surface area contributed by atoms with Crippen molar-refractivity contribution in [1.29, 1.82) is 0 Å². The van der Waals surface area contributed by atoms with Gasteiger partial charge in [-0.15, -0.1) is 0 Å². The van der Waals surface area contributed by atoms with Gasteiger partial charge in [-0.2, -0.15) is 0 Å². The minimum Gasteiger partial charge on any atom is -0.497 e.